The van der Waals surface area contributed by atoms with Crippen LogP contribution < -0.4 is 5.32 Å². The van der Waals surface area contributed by atoms with Crippen molar-refractivity contribution >= 4 is 29.3 Å². The van der Waals surface area contributed by atoms with Crippen LogP contribution in [0.3, 0.4) is 0 Å². The number of likely N-dealkylation sites (tertiary alicyclic amines) is 1. The van der Waals surface area contributed by atoms with Crippen molar-refractivity contribution in [1.82, 2.24) is 10.2 Å². The van der Waals surface area contributed by atoms with Gasteiger partial charge < -0.3 is 15.0 Å². The van der Waals surface area contributed by atoms with Gasteiger partial charge in [-0.1, -0.05) is 0 Å². The van der Waals surface area contributed by atoms with Crippen molar-refractivity contribution in [3.05, 3.63) is 0 Å². The number of nitrogens with zero attached hydrogens (tertiary/aromatic N) is 1. The molecule has 4 nitrogen and oxygen atoms in total. The third-order valence-corrected chi connectivity index (χ3v) is 5.21. The molecule has 128 valence electrons. The predicted octanol–water partition coefficient (Wildman–Crippen LogP) is 4.09. The predicted molar refractivity (Wildman–Crippen MR) is 90.7 cm³/mol. The van der Waals surface area contributed by atoms with Crippen molar-refractivity contribution in [2.75, 3.05) is 13.1 Å². The Bertz CT molecular complexity index is 378. The third kappa shape index (κ3) is 5.78. The Hall–Kier alpha value is -0.190. The fourth-order valence-corrected chi connectivity index (χ4v) is 3.71. The number of halogens is 2. The van der Waals surface area contributed by atoms with Crippen LogP contribution >= 0.6 is 23.2 Å². The van der Waals surface area contributed by atoms with Gasteiger partial charge in [0.05, 0.1) is 0 Å². The summed E-state index contributed by atoms with van der Waals surface area (Å²) in [7, 11) is 0. The number of ether oxygens (including phenoxy) is 1. The Balaban J connectivity index is 1.71. The highest BCUT2D eigenvalue weighted by Gasteiger charge is 2.35. The van der Waals surface area contributed by atoms with Crippen molar-refractivity contribution in [2.24, 2.45) is 0 Å². The normalized spacial score (nSPS) is 25.0. The lowest BCUT2D eigenvalue weighted by molar-refractivity contribution is 0.0459. The summed E-state index contributed by atoms with van der Waals surface area (Å²) in [6, 6.07) is 0.808. The number of carbonyl (C=O) groups is 1. The molecule has 1 saturated carbocycles. The number of nitrogens with one attached hydrogen (secondary N) is 1. The summed E-state index contributed by atoms with van der Waals surface area (Å²) in [4.78, 5) is 14.3. The van der Waals surface area contributed by atoms with E-state index in [9.17, 15) is 4.79 Å². The molecular formula is C16H28Cl2N2O2. The van der Waals surface area contributed by atoms with Crippen LogP contribution in [-0.4, -0.2) is 46.1 Å². The summed E-state index contributed by atoms with van der Waals surface area (Å²) < 4.78 is 4.79. The van der Waals surface area contributed by atoms with Crippen molar-refractivity contribution in [1.29, 1.82) is 0 Å². The lowest BCUT2D eigenvalue weighted by Gasteiger charge is -2.41. The Morgan fingerprint density at radius 2 is 1.68 bits per heavy atom. The van der Waals surface area contributed by atoms with Crippen LogP contribution in [0.2, 0.25) is 0 Å². The molecule has 2 rings (SSSR count). The molecule has 0 aromatic heterocycles. The van der Waals surface area contributed by atoms with Gasteiger partial charge in [-0.05, 0) is 59.3 Å². The molecule has 6 heteroatoms. The van der Waals surface area contributed by atoms with Gasteiger partial charge in [0, 0.05) is 25.2 Å². The third-order valence-electron chi connectivity index (χ3n) is 4.45. The first-order valence-electron chi connectivity index (χ1n) is 8.26. The molecule has 0 aromatic rings. The van der Waals surface area contributed by atoms with Gasteiger partial charge in [0.1, 0.15) is 9.93 Å². The van der Waals surface area contributed by atoms with E-state index in [1.54, 1.807) is 0 Å². The van der Waals surface area contributed by atoms with Gasteiger partial charge in [-0.15, -0.1) is 23.2 Å². The van der Waals surface area contributed by atoms with E-state index in [2.05, 4.69) is 10.2 Å². The molecule has 0 spiro atoms. The first kappa shape index (κ1) is 18.2. The molecule has 0 unspecified atom stereocenters. The van der Waals surface area contributed by atoms with Gasteiger partial charge in [0.15, 0.2) is 0 Å². The van der Waals surface area contributed by atoms with Gasteiger partial charge in [0.2, 0.25) is 0 Å². The van der Waals surface area contributed by atoms with E-state index in [0.29, 0.717) is 6.04 Å². The van der Waals surface area contributed by atoms with Crippen molar-refractivity contribution in [2.45, 2.75) is 81.3 Å². The number of rotatable bonds is 2. The fraction of sp³-hybridized carbons (Fsp3) is 0.938. The van der Waals surface area contributed by atoms with Crippen molar-refractivity contribution in [3.63, 3.8) is 0 Å². The maximum atomic E-state index is 11.8. The maximum Gasteiger partial charge on any atom is 0.407 e. The van der Waals surface area contributed by atoms with Gasteiger partial charge in [-0.2, -0.15) is 0 Å². The summed E-state index contributed by atoms with van der Waals surface area (Å²) >= 11 is 12.4. The van der Waals surface area contributed by atoms with Crippen LogP contribution in [0, 0.1) is 0 Å². The van der Waals surface area contributed by atoms with Crippen LogP contribution in [-0.2, 0) is 4.74 Å². The number of hydrogen-bond acceptors (Lipinski definition) is 3. The SMILES string of the molecule is CC(C)(C)OC(=O)NC1CCN(C2CCC(Cl)(Cl)CC2)CC1. The minimum atomic E-state index is -0.521. The second-order valence-electron chi connectivity index (χ2n) is 7.54. The van der Waals surface area contributed by atoms with Crippen LogP contribution in [0.25, 0.3) is 0 Å². The molecule has 0 atom stereocenters. The average molecular weight is 351 g/mol. The zero-order valence-electron chi connectivity index (χ0n) is 13.8. The molecule has 22 heavy (non-hydrogen) atoms. The minimum Gasteiger partial charge on any atom is -0.444 e. The molecule has 1 aliphatic heterocycles. The van der Waals surface area contributed by atoms with E-state index >= 15 is 0 Å². The average Bonchev–Trinajstić information content (AvgIpc) is 2.37. The van der Waals surface area contributed by atoms with Gasteiger partial charge in [-0.3, -0.25) is 0 Å². The molecule has 1 N–H and O–H groups in total. The van der Waals surface area contributed by atoms with Crippen molar-refractivity contribution < 1.29 is 9.53 Å². The van der Waals surface area contributed by atoms with Crippen LogP contribution in [0.4, 0.5) is 4.79 Å². The van der Waals surface area contributed by atoms with Gasteiger partial charge in [0.25, 0.3) is 0 Å². The largest absolute Gasteiger partial charge is 0.444 e. The highest BCUT2D eigenvalue weighted by Crippen LogP contribution is 2.39. The molecule has 2 aliphatic rings. The Kier molecular flexibility index (Phi) is 5.89. The number of carbonyl (C=O) groups excluding carboxylic acids is 1. The number of alkyl carbamates (subject to hydrolysis) is 1. The summed E-state index contributed by atoms with van der Waals surface area (Å²) in [5.41, 5.74) is -0.442. The summed E-state index contributed by atoms with van der Waals surface area (Å²) in [5.74, 6) is 0. The number of piperidine rings is 1. The number of hydrogen-bond donors (Lipinski definition) is 1. The monoisotopic (exact) mass is 350 g/mol. The fourth-order valence-electron chi connectivity index (χ4n) is 3.27. The van der Waals surface area contributed by atoms with E-state index in [0.717, 1.165) is 51.6 Å². The molecule has 1 amide bonds. The standard InChI is InChI=1S/C16H28Cl2N2O2/c1-15(2,3)22-14(21)19-12-6-10-20(11-7-12)13-4-8-16(17,18)9-5-13/h12-13H,4-11H2,1-3H3,(H,19,21). The zero-order chi connectivity index (χ0) is 16.4. The lowest BCUT2D eigenvalue weighted by atomic mass is 9.91. The van der Waals surface area contributed by atoms with Gasteiger partial charge in [-0.25, -0.2) is 4.79 Å². The molecule has 2 fully saturated rings. The summed E-state index contributed by atoms with van der Waals surface area (Å²) in [5, 5.41) is 2.98. The Morgan fingerprint density at radius 1 is 1.14 bits per heavy atom. The quantitative estimate of drug-likeness (QED) is 0.762. The summed E-state index contributed by atoms with van der Waals surface area (Å²) in [6.45, 7) is 7.68. The van der Waals surface area contributed by atoms with E-state index < -0.39 is 9.93 Å². The highest BCUT2D eigenvalue weighted by molar-refractivity contribution is 6.48. The molecule has 0 aromatic carbocycles. The zero-order valence-corrected chi connectivity index (χ0v) is 15.3. The minimum absolute atomic E-state index is 0.217. The van der Waals surface area contributed by atoms with Gasteiger partial charge >= 0.3 is 6.09 Å². The summed E-state index contributed by atoms with van der Waals surface area (Å²) in [6.07, 6.45) is 5.52. The molecule has 1 aliphatic carbocycles. The topological polar surface area (TPSA) is 41.6 Å². The van der Waals surface area contributed by atoms with Crippen molar-refractivity contribution in [3.8, 4) is 0 Å². The lowest BCUT2D eigenvalue weighted by Crippen LogP contribution is -2.50. The number of amides is 1. The van der Waals surface area contributed by atoms with E-state index in [1.165, 1.54) is 0 Å². The smallest absolute Gasteiger partial charge is 0.407 e. The van der Waals surface area contributed by atoms with E-state index in [1.807, 2.05) is 20.8 Å². The number of alkyl halides is 2. The molecule has 0 bridgehead atoms. The molecule has 1 saturated heterocycles. The highest BCUT2D eigenvalue weighted by atomic mass is 35.5. The van der Waals surface area contributed by atoms with Crippen LogP contribution in [0.1, 0.15) is 59.3 Å². The second-order valence-corrected chi connectivity index (χ2v) is 9.18. The first-order valence-corrected chi connectivity index (χ1v) is 9.02. The van der Waals surface area contributed by atoms with E-state index in [-0.39, 0.29) is 12.1 Å². The van der Waals surface area contributed by atoms with E-state index in [4.69, 9.17) is 27.9 Å². The Labute approximate surface area is 143 Å². The first-order chi connectivity index (χ1) is 10.1. The molecule has 1 heterocycles. The maximum absolute atomic E-state index is 11.8. The molecule has 0 radical (unpaired) electrons. The Morgan fingerprint density at radius 3 is 2.18 bits per heavy atom. The molecular weight excluding hydrogens is 323 g/mol. The van der Waals surface area contributed by atoms with Crippen LogP contribution in [0.15, 0.2) is 0 Å². The van der Waals surface area contributed by atoms with Crippen LogP contribution in [0.5, 0.6) is 0 Å². The second kappa shape index (κ2) is 7.14.